The van der Waals surface area contributed by atoms with E-state index in [4.69, 9.17) is 0 Å². The van der Waals surface area contributed by atoms with E-state index in [0.29, 0.717) is 10.8 Å². The van der Waals surface area contributed by atoms with Crippen molar-refractivity contribution in [2.45, 2.75) is 85.7 Å². The lowest BCUT2D eigenvalue weighted by Crippen LogP contribution is -2.36. The van der Waals surface area contributed by atoms with Gasteiger partial charge in [-0.25, -0.2) is 0 Å². The van der Waals surface area contributed by atoms with E-state index in [1.165, 1.54) is 25.7 Å². The van der Waals surface area contributed by atoms with Crippen LogP contribution in [0, 0.1) is 16.7 Å². The van der Waals surface area contributed by atoms with E-state index in [2.05, 4.69) is 34.6 Å². The Balaban J connectivity index is 2.46. The molecule has 1 aliphatic carbocycles. The minimum atomic E-state index is -0.0704. The first-order chi connectivity index (χ1) is 7.79. The Bertz CT molecular complexity index is 234. The largest absolute Gasteiger partial charge is 0.393 e. The maximum absolute atomic E-state index is 9.88. The van der Waals surface area contributed by atoms with Crippen molar-refractivity contribution in [3.8, 4) is 0 Å². The topological polar surface area (TPSA) is 20.2 Å². The highest BCUT2D eigenvalue weighted by Gasteiger charge is 2.40. The zero-order chi connectivity index (χ0) is 13.1. The molecule has 1 nitrogen and oxygen atoms in total. The van der Waals surface area contributed by atoms with Gasteiger partial charge in [0.2, 0.25) is 0 Å². The van der Waals surface area contributed by atoms with Crippen LogP contribution in [0.25, 0.3) is 0 Å². The summed E-state index contributed by atoms with van der Waals surface area (Å²) in [6.07, 6.45) is 8.21. The second-order valence-corrected chi connectivity index (χ2v) is 7.40. The van der Waals surface area contributed by atoms with Gasteiger partial charge in [0.1, 0.15) is 0 Å². The highest BCUT2D eigenvalue weighted by Crippen LogP contribution is 2.50. The molecule has 1 rings (SSSR count). The molecular formula is C16H32O. The minimum Gasteiger partial charge on any atom is -0.393 e. The van der Waals surface area contributed by atoms with E-state index < -0.39 is 0 Å². The van der Waals surface area contributed by atoms with E-state index in [1.807, 2.05) is 0 Å². The number of hydrogen-bond acceptors (Lipinski definition) is 1. The van der Waals surface area contributed by atoms with Gasteiger partial charge in [-0.15, -0.1) is 0 Å². The maximum Gasteiger partial charge on any atom is 0.0540 e. The van der Waals surface area contributed by atoms with Crippen LogP contribution < -0.4 is 0 Å². The lowest BCUT2D eigenvalue weighted by atomic mass is 9.59. The molecule has 0 spiro atoms. The molecule has 0 radical (unpaired) electrons. The average Bonchev–Trinajstić information content (AvgIpc) is 2.22. The molecule has 3 unspecified atom stereocenters. The molecule has 0 saturated heterocycles. The van der Waals surface area contributed by atoms with Gasteiger partial charge in [-0.05, 0) is 55.3 Å². The summed E-state index contributed by atoms with van der Waals surface area (Å²) < 4.78 is 0. The Morgan fingerprint density at radius 1 is 1.18 bits per heavy atom. The second kappa shape index (κ2) is 5.73. The molecule has 1 aliphatic rings. The van der Waals surface area contributed by atoms with Gasteiger partial charge in [-0.1, -0.05) is 41.0 Å². The van der Waals surface area contributed by atoms with Crippen LogP contribution in [0.15, 0.2) is 0 Å². The van der Waals surface area contributed by atoms with E-state index in [-0.39, 0.29) is 6.10 Å². The molecule has 0 aromatic carbocycles. The Morgan fingerprint density at radius 3 is 2.35 bits per heavy atom. The Hall–Kier alpha value is -0.0400. The van der Waals surface area contributed by atoms with Crippen molar-refractivity contribution in [2.75, 3.05) is 0 Å². The van der Waals surface area contributed by atoms with Crippen molar-refractivity contribution in [1.29, 1.82) is 0 Å². The Kier molecular flexibility index (Phi) is 5.07. The molecule has 1 N–H and O–H groups in total. The van der Waals surface area contributed by atoms with Crippen LogP contribution in [0.4, 0.5) is 0 Å². The SMILES string of the molecule is CCCC(O)CCC1(C)CCC(C)(C)CC1C. The first kappa shape index (κ1) is 15.0. The second-order valence-electron chi connectivity index (χ2n) is 7.40. The van der Waals surface area contributed by atoms with Gasteiger partial charge in [0.15, 0.2) is 0 Å². The third-order valence-corrected chi connectivity index (χ3v) is 5.09. The summed E-state index contributed by atoms with van der Waals surface area (Å²) in [5.41, 5.74) is 0.991. The normalized spacial score (nSPS) is 34.6. The molecule has 1 saturated carbocycles. The molecule has 102 valence electrons. The van der Waals surface area contributed by atoms with Gasteiger partial charge in [-0.3, -0.25) is 0 Å². The van der Waals surface area contributed by atoms with Crippen molar-refractivity contribution in [3.63, 3.8) is 0 Å². The lowest BCUT2D eigenvalue weighted by molar-refractivity contribution is 0.0286. The Morgan fingerprint density at radius 2 is 1.82 bits per heavy atom. The highest BCUT2D eigenvalue weighted by molar-refractivity contribution is 4.90. The predicted octanol–water partition coefficient (Wildman–Crippen LogP) is 4.78. The van der Waals surface area contributed by atoms with Gasteiger partial charge >= 0.3 is 0 Å². The predicted molar refractivity (Wildman–Crippen MR) is 75.1 cm³/mol. The summed E-state index contributed by atoms with van der Waals surface area (Å²) in [6, 6.07) is 0. The van der Waals surface area contributed by atoms with Crippen LogP contribution in [-0.4, -0.2) is 11.2 Å². The van der Waals surface area contributed by atoms with Gasteiger partial charge < -0.3 is 5.11 Å². The molecule has 0 aliphatic heterocycles. The summed E-state index contributed by atoms with van der Waals surface area (Å²) in [4.78, 5) is 0. The fourth-order valence-corrected chi connectivity index (χ4v) is 3.39. The molecule has 0 aromatic heterocycles. The third kappa shape index (κ3) is 4.28. The van der Waals surface area contributed by atoms with Gasteiger partial charge in [0.05, 0.1) is 6.10 Å². The number of hydrogen-bond donors (Lipinski definition) is 1. The van der Waals surface area contributed by atoms with E-state index >= 15 is 0 Å². The first-order valence-electron chi connectivity index (χ1n) is 7.47. The molecule has 17 heavy (non-hydrogen) atoms. The zero-order valence-corrected chi connectivity index (χ0v) is 12.6. The van der Waals surface area contributed by atoms with E-state index in [1.54, 1.807) is 0 Å². The van der Waals surface area contributed by atoms with Crippen LogP contribution in [0.1, 0.15) is 79.6 Å². The van der Waals surface area contributed by atoms with Gasteiger partial charge in [0.25, 0.3) is 0 Å². The molecule has 1 fully saturated rings. The average molecular weight is 240 g/mol. The molecule has 1 heteroatoms. The first-order valence-corrected chi connectivity index (χ1v) is 7.47. The highest BCUT2D eigenvalue weighted by atomic mass is 16.3. The summed E-state index contributed by atoms with van der Waals surface area (Å²) in [6.45, 7) is 11.8. The van der Waals surface area contributed by atoms with Crippen LogP contribution >= 0.6 is 0 Å². The van der Waals surface area contributed by atoms with Crippen molar-refractivity contribution in [1.82, 2.24) is 0 Å². The quantitative estimate of drug-likeness (QED) is 0.733. The van der Waals surface area contributed by atoms with Crippen LogP contribution in [0.5, 0.6) is 0 Å². The summed E-state index contributed by atoms with van der Waals surface area (Å²) in [5, 5.41) is 9.88. The summed E-state index contributed by atoms with van der Waals surface area (Å²) in [7, 11) is 0. The Labute approximate surface area is 108 Å². The smallest absolute Gasteiger partial charge is 0.0540 e. The molecule has 0 aromatic rings. The zero-order valence-electron chi connectivity index (χ0n) is 12.6. The van der Waals surface area contributed by atoms with Crippen molar-refractivity contribution in [2.24, 2.45) is 16.7 Å². The number of aliphatic hydroxyl groups is 1. The van der Waals surface area contributed by atoms with Gasteiger partial charge in [-0.2, -0.15) is 0 Å². The molecule has 0 heterocycles. The van der Waals surface area contributed by atoms with Crippen molar-refractivity contribution >= 4 is 0 Å². The number of aliphatic hydroxyl groups excluding tert-OH is 1. The summed E-state index contributed by atoms with van der Waals surface area (Å²) in [5.74, 6) is 0.792. The minimum absolute atomic E-state index is 0.0704. The van der Waals surface area contributed by atoms with Crippen molar-refractivity contribution < 1.29 is 5.11 Å². The molecule has 0 bridgehead atoms. The summed E-state index contributed by atoms with van der Waals surface area (Å²) >= 11 is 0. The third-order valence-electron chi connectivity index (χ3n) is 5.09. The molecular weight excluding hydrogens is 208 g/mol. The molecule has 0 amide bonds. The monoisotopic (exact) mass is 240 g/mol. The maximum atomic E-state index is 9.88. The fraction of sp³-hybridized carbons (Fsp3) is 1.00. The van der Waals surface area contributed by atoms with Gasteiger partial charge in [0, 0.05) is 0 Å². The van der Waals surface area contributed by atoms with E-state index in [9.17, 15) is 5.11 Å². The molecule has 3 atom stereocenters. The number of rotatable bonds is 5. The lowest BCUT2D eigenvalue weighted by Gasteiger charge is -2.47. The van der Waals surface area contributed by atoms with Crippen LogP contribution in [0.3, 0.4) is 0 Å². The fourth-order valence-electron chi connectivity index (χ4n) is 3.39. The van der Waals surface area contributed by atoms with Crippen LogP contribution in [0.2, 0.25) is 0 Å². The van der Waals surface area contributed by atoms with Crippen LogP contribution in [-0.2, 0) is 0 Å². The van der Waals surface area contributed by atoms with Crippen molar-refractivity contribution in [3.05, 3.63) is 0 Å². The standard InChI is InChI=1S/C16H32O/c1-6-7-14(17)8-9-16(5)11-10-15(3,4)12-13(16)2/h13-14,17H,6-12H2,1-5H3. The van der Waals surface area contributed by atoms with E-state index in [0.717, 1.165) is 25.2 Å².